The van der Waals surface area contributed by atoms with Crippen molar-refractivity contribution in [3.05, 3.63) is 28.5 Å². The lowest BCUT2D eigenvalue weighted by Crippen LogP contribution is -2.32. The summed E-state index contributed by atoms with van der Waals surface area (Å²) in [5.41, 5.74) is 0.0139. The van der Waals surface area contributed by atoms with E-state index in [1.54, 1.807) is 12.1 Å². The van der Waals surface area contributed by atoms with Crippen LogP contribution in [0.1, 0.15) is 23.3 Å². The number of imide groups is 1. The molecule has 2 heterocycles. The summed E-state index contributed by atoms with van der Waals surface area (Å²) in [5, 5.41) is 0.490. The summed E-state index contributed by atoms with van der Waals surface area (Å²) in [4.78, 5) is 42.6. The number of aromatic nitrogens is 1. The number of carbonyl (C=O) groups is 3. The van der Waals surface area contributed by atoms with E-state index in [-0.39, 0.29) is 18.5 Å². The number of carbonyl (C=O) groups excluding carboxylic acids is 3. The molecule has 0 atom stereocenters. The lowest BCUT2D eigenvalue weighted by molar-refractivity contribution is -0.172. The number of rotatable bonds is 2. The SMILES string of the molecule is O=C(ON1C(=O)CCC1=O)c1ncccc1Br. The Balaban J connectivity index is 2.15. The quantitative estimate of drug-likeness (QED) is 0.763. The molecule has 0 aromatic carbocycles. The fourth-order valence-corrected chi connectivity index (χ4v) is 1.74. The number of hydrogen-bond donors (Lipinski definition) is 0. The molecule has 1 aliphatic rings. The molecule has 1 aromatic heterocycles. The van der Waals surface area contributed by atoms with Crippen LogP contribution in [0, 0.1) is 0 Å². The van der Waals surface area contributed by atoms with Crippen molar-refractivity contribution in [1.82, 2.24) is 10.0 Å². The summed E-state index contributed by atoms with van der Waals surface area (Å²) in [6, 6.07) is 3.24. The molecule has 0 aliphatic carbocycles. The van der Waals surface area contributed by atoms with Crippen molar-refractivity contribution >= 4 is 33.7 Å². The molecule has 1 aromatic rings. The van der Waals surface area contributed by atoms with Gasteiger partial charge in [0.2, 0.25) is 0 Å². The molecule has 1 aliphatic heterocycles. The molecular weight excluding hydrogens is 292 g/mol. The number of amides is 2. The molecular formula is C10H7BrN2O4. The zero-order valence-corrected chi connectivity index (χ0v) is 10.1. The van der Waals surface area contributed by atoms with Crippen molar-refractivity contribution in [2.45, 2.75) is 12.8 Å². The Bertz CT molecular complexity index is 487. The van der Waals surface area contributed by atoms with Gasteiger partial charge in [-0.3, -0.25) is 9.59 Å². The fraction of sp³-hybridized carbons (Fsp3) is 0.200. The summed E-state index contributed by atoms with van der Waals surface area (Å²) >= 11 is 3.12. The first kappa shape index (κ1) is 11.7. The van der Waals surface area contributed by atoms with Crippen molar-refractivity contribution in [3.63, 3.8) is 0 Å². The van der Waals surface area contributed by atoms with Gasteiger partial charge in [0.1, 0.15) is 0 Å². The van der Waals surface area contributed by atoms with Gasteiger partial charge in [-0.25, -0.2) is 9.78 Å². The highest BCUT2D eigenvalue weighted by atomic mass is 79.9. The van der Waals surface area contributed by atoms with Gasteiger partial charge in [-0.2, -0.15) is 0 Å². The van der Waals surface area contributed by atoms with Gasteiger partial charge in [-0.15, -0.1) is 5.06 Å². The molecule has 0 radical (unpaired) electrons. The maximum atomic E-state index is 11.7. The maximum absolute atomic E-state index is 11.7. The summed E-state index contributed by atoms with van der Waals surface area (Å²) < 4.78 is 0.434. The average Bonchev–Trinajstić information content (AvgIpc) is 2.61. The monoisotopic (exact) mass is 298 g/mol. The summed E-state index contributed by atoms with van der Waals surface area (Å²) in [6.07, 6.45) is 1.54. The topological polar surface area (TPSA) is 76.6 Å². The molecule has 0 unspecified atom stereocenters. The van der Waals surface area contributed by atoms with Gasteiger partial charge in [-0.05, 0) is 28.1 Å². The van der Waals surface area contributed by atoms with Crippen LogP contribution in [0.15, 0.2) is 22.8 Å². The van der Waals surface area contributed by atoms with E-state index in [9.17, 15) is 14.4 Å². The predicted molar refractivity (Wildman–Crippen MR) is 58.4 cm³/mol. The van der Waals surface area contributed by atoms with Crippen LogP contribution in [0.25, 0.3) is 0 Å². The fourth-order valence-electron chi connectivity index (χ4n) is 1.32. The molecule has 2 rings (SSSR count). The van der Waals surface area contributed by atoms with Crippen LogP contribution in [-0.4, -0.2) is 27.8 Å². The van der Waals surface area contributed by atoms with Crippen molar-refractivity contribution in [2.75, 3.05) is 0 Å². The van der Waals surface area contributed by atoms with Crippen molar-refractivity contribution in [3.8, 4) is 0 Å². The van der Waals surface area contributed by atoms with E-state index in [0.717, 1.165) is 0 Å². The number of hydrogen-bond acceptors (Lipinski definition) is 5. The molecule has 0 saturated carbocycles. The largest absolute Gasteiger partial charge is 0.383 e. The molecule has 0 spiro atoms. The lowest BCUT2D eigenvalue weighted by Gasteiger charge is -2.12. The minimum Gasteiger partial charge on any atom is -0.323 e. The highest BCUT2D eigenvalue weighted by Crippen LogP contribution is 2.17. The Morgan fingerprint density at radius 2 is 2.00 bits per heavy atom. The van der Waals surface area contributed by atoms with Gasteiger partial charge >= 0.3 is 5.97 Å². The standard InChI is InChI=1S/C10H7BrN2O4/c11-6-2-1-5-12-9(6)10(16)17-13-7(14)3-4-8(13)15/h1-2,5H,3-4H2. The van der Waals surface area contributed by atoms with Crippen LogP contribution in [0.4, 0.5) is 0 Å². The Hall–Kier alpha value is -1.76. The van der Waals surface area contributed by atoms with Crippen LogP contribution in [0.5, 0.6) is 0 Å². The molecule has 17 heavy (non-hydrogen) atoms. The Kier molecular flexibility index (Phi) is 3.19. The van der Waals surface area contributed by atoms with Crippen molar-refractivity contribution in [2.24, 2.45) is 0 Å². The number of halogens is 1. The third-order valence-corrected chi connectivity index (χ3v) is 2.77. The highest BCUT2D eigenvalue weighted by Gasteiger charge is 2.33. The molecule has 1 fully saturated rings. The average molecular weight is 299 g/mol. The second-order valence-electron chi connectivity index (χ2n) is 3.29. The van der Waals surface area contributed by atoms with Gasteiger partial charge < -0.3 is 4.84 Å². The van der Waals surface area contributed by atoms with Gasteiger partial charge in [0.05, 0.1) is 4.47 Å². The second-order valence-corrected chi connectivity index (χ2v) is 4.15. The first-order chi connectivity index (χ1) is 8.09. The highest BCUT2D eigenvalue weighted by molar-refractivity contribution is 9.10. The maximum Gasteiger partial charge on any atom is 0.383 e. The van der Waals surface area contributed by atoms with Crippen LogP contribution >= 0.6 is 15.9 Å². The minimum absolute atomic E-state index is 0.0139. The first-order valence-electron chi connectivity index (χ1n) is 4.78. The first-order valence-corrected chi connectivity index (χ1v) is 5.57. The smallest absolute Gasteiger partial charge is 0.323 e. The van der Waals surface area contributed by atoms with E-state index in [1.807, 2.05) is 0 Å². The van der Waals surface area contributed by atoms with Gasteiger partial charge in [0.15, 0.2) is 5.69 Å². The van der Waals surface area contributed by atoms with Crippen LogP contribution in [-0.2, 0) is 14.4 Å². The van der Waals surface area contributed by atoms with Gasteiger partial charge in [0, 0.05) is 19.0 Å². The molecule has 88 valence electrons. The van der Waals surface area contributed by atoms with E-state index in [0.29, 0.717) is 9.54 Å². The summed E-state index contributed by atoms with van der Waals surface area (Å²) in [5.74, 6) is -1.88. The summed E-state index contributed by atoms with van der Waals surface area (Å²) in [6.45, 7) is 0. The summed E-state index contributed by atoms with van der Waals surface area (Å²) in [7, 11) is 0. The van der Waals surface area contributed by atoms with Crippen molar-refractivity contribution in [1.29, 1.82) is 0 Å². The molecule has 7 heteroatoms. The van der Waals surface area contributed by atoms with E-state index < -0.39 is 17.8 Å². The predicted octanol–water partition coefficient (Wildman–Crippen LogP) is 1.06. The molecule has 2 amide bonds. The van der Waals surface area contributed by atoms with Crippen LogP contribution in [0.3, 0.4) is 0 Å². The minimum atomic E-state index is -0.846. The van der Waals surface area contributed by atoms with Crippen LogP contribution in [0.2, 0.25) is 0 Å². The number of nitrogens with zero attached hydrogens (tertiary/aromatic N) is 2. The van der Waals surface area contributed by atoms with E-state index in [2.05, 4.69) is 20.9 Å². The Morgan fingerprint density at radius 3 is 2.59 bits per heavy atom. The lowest BCUT2D eigenvalue weighted by atomic mass is 10.4. The molecule has 6 nitrogen and oxygen atoms in total. The number of hydroxylamine groups is 2. The zero-order valence-electron chi connectivity index (χ0n) is 8.55. The molecule has 0 N–H and O–H groups in total. The van der Waals surface area contributed by atoms with E-state index in [1.165, 1.54) is 6.20 Å². The third-order valence-electron chi connectivity index (χ3n) is 2.13. The van der Waals surface area contributed by atoms with Crippen LogP contribution < -0.4 is 0 Å². The normalized spacial score (nSPS) is 15.2. The zero-order chi connectivity index (χ0) is 12.4. The Labute approximate surface area is 105 Å². The third kappa shape index (κ3) is 2.33. The van der Waals surface area contributed by atoms with Gasteiger partial charge in [-0.1, -0.05) is 0 Å². The number of pyridine rings is 1. The Morgan fingerprint density at radius 1 is 1.35 bits per heavy atom. The van der Waals surface area contributed by atoms with Gasteiger partial charge in [0.25, 0.3) is 11.8 Å². The van der Waals surface area contributed by atoms with E-state index in [4.69, 9.17) is 4.84 Å². The molecule has 1 saturated heterocycles. The second kappa shape index (κ2) is 4.62. The molecule has 0 bridgehead atoms. The van der Waals surface area contributed by atoms with E-state index >= 15 is 0 Å². The van der Waals surface area contributed by atoms with Crippen molar-refractivity contribution < 1.29 is 19.2 Å².